The fourth-order valence-corrected chi connectivity index (χ4v) is 5.70. The number of para-hydroxylation sites is 1. The van der Waals surface area contributed by atoms with Crippen molar-refractivity contribution in [1.82, 2.24) is 5.32 Å². The maximum atomic E-state index is 13.8. The average molecular weight is 540 g/mol. The Balaban J connectivity index is 1.76. The Morgan fingerprint density at radius 1 is 1.14 bits per heavy atom. The van der Waals surface area contributed by atoms with E-state index in [9.17, 15) is 9.59 Å². The largest absolute Gasteiger partial charge is 0.491 e. The highest BCUT2D eigenvalue weighted by atomic mass is 35.5. The molecule has 7 heteroatoms. The van der Waals surface area contributed by atoms with Crippen molar-refractivity contribution in [1.29, 1.82) is 0 Å². The normalized spacial score (nSPS) is 19.6. The summed E-state index contributed by atoms with van der Waals surface area (Å²) in [5.74, 6) is 1.46. The van der Waals surface area contributed by atoms with Crippen LogP contribution in [0.3, 0.4) is 0 Å². The molecule has 0 bridgehead atoms. The number of allylic oxidation sites excluding steroid dienone is 3. The van der Waals surface area contributed by atoms with Gasteiger partial charge >= 0.3 is 5.97 Å². The molecule has 1 aliphatic carbocycles. The number of esters is 1. The molecule has 0 amide bonds. The second-order valence-electron chi connectivity index (χ2n) is 9.61. The van der Waals surface area contributed by atoms with Crippen molar-refractivity contribution < 1.29 is 19.1 Å². The number of benzene rings is 2. The molecule has 0 spiro atoms. The molecule has 2 unspecified atom stereocenters. The highest BCUT2D eigenvalue weighted by molar-refractivity contribution is 7.99. The third-order valence-electron chi connectivity index (χ3n) is 6.65. The zero-order chi connectivity index (χ0) is 26.5. The minimum Gasteiger partial charge on any atom is -0.491 e. The van der Waals surface area contributed by atoms with E-state index < -0.39 is 11.9 Å². The van der Waals surface area contributed by atoms with Crippen LogP contribution in [0.25, 0.3) is 0 Å². The highest BCUT2D eigenvalue weighted by Crippen LogP contribution is 2.47. The number of thioether (sulfide) groups is 1. The summed E-state index contributed by atoms with van der Waals surface area (Å²) in [5.41, 5.74) is 4.55. The van der Waals surface area contributed by atoms with Crippen LogP contribution >= 0.6 is 23.4 Å². The van der Waals surface area contributed by atoms with Gasteiger partial charge in [-0.25, -0.2) is 4.79 Å². The van der Waals surface area contributed by atoms with Crippen molar-refractivity contribution >= 4 is 35.1 Å². The lowest BCUT2D eigenvalue weighted by Gasteiger charge is -2.37. The van der Waals surface area contributed by atoms with Crippen molar-refractivity contribution in [2.75, 3.05) is 18.1 Å². The quantitative estimate of drug-likeness (QED) is 0.280. The van der Waals surface area contributed by atoms with Crippen molar-refractivity contribution in [3.8, 4) is 5.75 Å². The molecular formula is C30H34ClNO4S. The molecule has 37 heavy (non-hydrogen) atoms. The summed E-state index contributed by atoms with van der Waals surface area (Å²) < 4.78 is 11.8. The molecule has 2 atom stereocenters. The minimum absolute atomic E-state index is 0.0254. The molecule has 4 rings (SSSR count). The van der Waals surface area contributed by atoms with Gasteiger partial charge in [0.2, 0.25) is 0 Å². The maximum Gasteiger partial charge on any atom is 0.336 e. The number of hydrogen-bond donors (Lipinski definition) is 1. The molecule has 0 radical (unpaired) electrons. The number of carbonyl (C=O) groups excluding carboxylic acids is 2. The van der Waals surface area contributed by atoms with E-state index in [-0.39, 0.29) is 17.8 Å². The number of carbonyl (C=O) groups is 2. The summed E-state index contributed by atoms with van der Waals surface area (Å²) in [6.07, 6.45) is 0.971. The number of hydrogen-bond acceptors (Lipinski definition) is 6. The van der Waals surface area contributed by atoms with Crippen LogP contribution in [0.2, 0.25) is 5.02 Å². The van der Waals surface area contributed by atoms with Gasteiger partial charge in [-0.05, 0) is 62.6 Å². The molecule has 2 aliphatic rings. The molecule has 196 valence electrons. The van der Waals surface area contributed by atoms with E-state index in [4.69, 9.17) is 21.1 Å². The molecule has 5 nitrogen and oxygen atoms in total. The first kappa shape index (κ1) is 27.3. The van der Waals surface area contributed by atoms with E-state index in [0.717, 1.165) is 28.3 Å². The monoisotopic (exact) mass is 539 g/mol. The number of halogens is 1. The van der Waals surface area contributed by atoms with E-state index in [0.29, 0.717) is 47.1 Å². The van der Waals surface area contributed by atoms with Crippen molar-refractivity contribution in [2.24, 2.45) is 0 Å². The van der Waals surface area contributed by atoms with Crippen LogP contribution in [-0.4, -0.2) is 36.0 Å². The van der Waals surface area contributed by atoms with Gasteiger partial charge in [0.05, 0.1) is 17.6 Å². The molecule has 0 saturated heterocycles. The minimum atomic E-state index is -0.559. The van der Waals surface area contributed by atoms with E-state index >= 15 is 0 Å². The first-order valence-corrected chi connectivity index (χ1v) is 14.3. The van der Waals surface area contributed by atoms with Crippen molar-refractivity contribution in [3.63, 3.8) is 0 Å². The summed E-state index contributed by atoms with van der Waals surface area (Å²) >= 11 is 7.82. The zero-order valence-electron chi connectivity index (χ0n) is 21.8. The zero-order valence-corrected chi connectivity index (χ0v) is 23.4. The lowest BCUT2D eigenvalue weighted by atomic mass is 9.71. The predicted octanol–water partition coefficient (Wildman–Crippen LogP) is 6.79. The van der Waals surface area contributed by atoms with E-state index in [1.807, 2.05) is 69.3 Å². The summed E-state index contributed by atoms with van der Waals surface area (Å²) in [6, 6.07) is 15.4. The Kier molecular flexibility index (Phi) is 9.04. The van der Waals surface area contributed by atoms with E-state index in [1.165, 1.54) is 0 Å². The van der Waals surface area contributed by atoms with Gasteiger partial charge in [0.1, 0.15) is 12.4 Å². The molecule has 1 aliphatic heterocycles. The predicted molar refractivity (Wildman–Crippen MR) is 150 cm³/mol. The van der Waals surface area contributed by atoms with Gasteiger partial charge in [-0.2, -0.15) is 11.8 Å². The van der Waals surface area contributed by atoms with Crippen LogP contribution in [0.1, 0.15) is 63.5 Å². The lowest BCUT2D eigenvalue weighted by Crippen LogP contribution is -2.36. The molecule has 0 aromatic heterocycles. The van der Waals surface area contributed by atoms with Crippen LogP contribution in [-0.2, 0) is 14.3 Å². The van der Waals surface area contributed by atoms with Gasteiger partial charge in [0, 0.05) is 39.7 Å². The first-order chi connectivity index (χ1) is 17.8. The van der Waals surface area contributed by atoms with E-state index in [1.54, 1.807) is 11.8 Å². The topological polar surface area (TPSA) is 64.6 Å². The van der Waals surface area contributed by atoms with Gasteiger partial charge < -0.3 is 14.8 Å². The van der Waals surface area contributed by atoms with E-state index in [2.05, 4.69) is 12.2 Å². The summed E-state index contributed by atoms with van der Waals surface area (Å²) in [6.45, 7) is 8.22. The van der Waals surface area contributed by atoms with Crippen LogP contribution in [0.4, 0.5) is 0 Å². The molecule has 2 aromatic rings. The van der Waals surface area contributed by atoms with Crippen LogP contribution in [0.15, 0.2) is 71.1 Å². The number of ether oxygens (including phenoxy) is 2. The van der Waals surface area contributed by atoms with Gasteiger partial charge in [0.25, 0.3) is 0 Å². The Hall–Kier alpha value is -2.70. The lowest BCUT2D eigenvalue weighted by molar-refractivity contribution is -0.138. The molecule has 1 heterocycles. The third-order valence-corrected chi connectivity index (χ3v) is 7.76. The van der Waals surface area contributed by atoms with Crippen LogP contribution in [0, 0.1) is 0 Å². The second-order valence-corrected chi connectivity index (χ2v) is 11.4. The van der Waals surface area contributed by atoms with Gasteiger partial charge in [0.15, 0.2) is 5.78 Å². The van der Waals surface area contributed by atoms with Gasteiger partial charge in [-0.3, -0.25) is 4.79 Å². The Morgan fingerprint density at radius 3 is 2.57 bits per heavy atom. The van der Waals surface area contributed by atoms with Crippen molar-refractivity contribution in [2.45, 2.75) is 58.5 Å². The van der Waals surface area contributed by atoms with Crippen molar-refractivity contribution in [3.05, 3.63) is 87.2 Å². The standard InChI is InChI=1S/C30H34ClNO4S/c1-5-37-15-14-35-30(34)27-19(4)32-24-16-21(20-10-12-22(31)13-11-20)17-25(33)29(24)28(27)23-8-6-7-9-26(23)36-18(2)3/h6-13,18,21,28,32H,5,14-17H2,1-4H3. The SMILES string of the molecule is CCSCCOC(=O)C1=C(C)NC2=C(C(=O)CC(c3ccc(Cl)cc3)C2)C1c1ccccc1OC(C)C. The fourth-order valence-electron chi connectivity index (χ4n) is 5.09. The maximum absolute atomic E-state index is 13.8. The smallest absolute Gasteiger partial charge is 0.336 e. The first-order valence-electron chi connectivity index (χ1n) is 12.8. The number of rotatable bonds is 9. The molecule has 1 N–H and O–H groups in total. The summed E-state index contributed by atoms with van der Waals surface area (Å²) in [5, 5.41) is 4.09. The Labute approximate surface area is 228 Å². The number of nitrogens with one attached hydrogen (secondary N) is 1. The fraction of sp³-hybridized carbons (Fsp3) is 0.400. The highest BCUT2D eigenvalue weighted by Gasteiger charge is 2.42. The Bertz CT molecular complexity index is 1220. The van der Waals surface area contributed by atoms with Gasteiger partial charge in [-0.1, -0.05) is 48.9 Å². The number of dihydropyridines is 1. The summed E-state index contributed by atoms with van der Waals surface area (Å²) in [7, 11) is 0. The van der Waals surface area contributed by atoms with Crippen LogP contribution in [0.5, 0.6) is 5.75 Å². The van der Waals surface area contributed by atoms with Gasteiger partial charge in [-0.15, -0.1) is 0 Å². The molecule has 0 fully saturated rings. The molecular weight excluding hydrogens is 506 g/mol. The molecule has 0 saturated carbocycles. The average Bonchev–Trinajstić information content (AvgIpc) is 2.86. The molecule has 2 aromatic carbocycles. The Morgan fingerprint density at radius 2 is 1.86 bits per heavy atom. The van der Waals surface area contributed by atoms with Crippen LogP contribution < -0.4 is 10.1 Å². The second kappa shape index (κ2) is 12.2. The number of Topliss-reactive ketones (excluding diaryl/α,β-unsaturated/α-hetero) is 1. The number of ketones is 1. The third kappa shape index (κ3) is 6.24. The summed E-state index contributed by atoms with van der Waals surface area (Å²) in [4.78, 5) is 27.3.